The van der Waals surface area contributed by atoms with Gasteiger partial charge in [0.15, 0.2) is 0 Å². The van der Waals surface area contributed by atoms with E-state index in [1.807, 2.05) is 13.0 Å². The highest BCUT2D eigenvalue weighted by molar-refractivity contribution is 5.92. The fraction of sp³-hybridized carbons (Fsp3) is 0.588. The van der Waals surface area contributed by atoms with Crippen molar-refractivity contribution < 1.29 is 19.1 Å². The van der Waals surface area contributed by atoms with Crippen LogP contribution in [-0.2, 0) is 14.3 Å². The van der Waals surface area contributed by atoms with Crippen LogP contribution >= 0.6 is 0 Å². The molecule has 0 saturated heterocycles. The van der Waals surface area contributed by atoms with E-state index in [4.69, 9.17) is 9.47 Å². The van der Waals surface area contributed by atoms with Gasteiger partial charge in [-0.15, -0.1) is 0 Å². The Balaban J connectivity index is 3.02. The number of anilines is 1. The second-order valence-corrected chi connectivity index (χ2v) is 7.29. The summed E-state index contributed by atoms with van der Waals surface area (Å²) in [6.45, 7) is 12.2. The van der Waals surface area contributed by atoms with Crippen molar-refractivity contribution in [1.82, 2.24) is 4.98 Å². The fourth-order valence-corrected chi connectivity index (χ4v) is 1.74. The smallest absolute Gasteiger partial charge is 0.416 e. The minimum Gasteiger partial charge on any atom is -0.459 e. The van der Waals surface area contributed by atoms with Crippen molar-refractivity contribution in [2.24, 2.45) is 0 Å². The highest BCUT2D eigenvalue weighted by atomic mass is 16.6. The van der Waals surface area contributed by atoms with Gasteiger partial charge < -0.3 is 9.47 Å². The number of amides is 1. The number of ether oxygens (including phenoxy) is 2. The van der Waals surface area contributed by atoms with Crippen molar-refractivity contribution in [3.8, 4) is 0 Å². The quantitative estimate of drug-likeness (QED) is 0.797. The van der Waals surface area contributed by atoms with E-state index in [-0.39, 0.29) is 6.54 Å². The van der Waals surface area contributed by atoms with E-state index in [1.165, 1.54) is 4.90 Å². The monoisotopic (exact) mass is 322 g/mol. The van der Waals surface area contributed by atoms with Crippen LogP contribution in [0.25, 0.3) is 0 Å². The molecule has 6 heteroatoms. The zero-order chi connectivity index (χ0) is 17.8. The molecule has 1 amide bonds. The van der Waals surface area contributed by atoms with Gasteiger partial charge in [0.2, 0.25) is 0 Å². The molecule has 0 spiro atoms. The van der Waals surface area contributed by atoms with E-state index in [0.717, 1.165) is 5.69 Å². The molecule has 1 heterocycles. The predicted molar refractivity (Wildman–Crippen MR) is 88.4 cm³/mol. The second-order valence-electron chi connectivity index (χ2n) is 7.29. The molecule has 0 aliphatic carbocycles. The maximum Gasteiger partial charge on any atom is 0.416 e. The van der Waals surface area contributed by atoms with Crippen molar-refractivity contribution in [2.75, 3.05) is 11.4 Å². The normalized spacial score (nSPS) is 11.8. The molecule has 0 atom stereocenters. The van der Waals surface area contributed by atoms with Crippen LogP contribution in [0.3, 0.4) is 0 Å². The van der Waals surface area contributed by atoms with Crippen molar-refractivity contribution in [3.63, 3.8) is 0 Å². The van der Waals surface area contributed by atoms with Gasteiger partial charge >= 0.3 is 12.1 Å². The molecule has 0 bridgehead atoms. The average Bonchev–Trinajstić information content (AvgIpc) is 2.31. The Morgan fingerprint density at radius 2 is 1.61 bits per heavy atom. The molecule has 1 rings (SSSR count). The maximum absolute atomic E-state index is 12.4. The van der Waals surface area contributed by atoms with E-state index in [1.54, 1.807) is 53.7 Å². The van der Waals surface area contributed by atoms with Crippen molar-refractivity contribution in [3.05, 3.63) is 23.9 Å². The van der Waals surface area contributed by atoms with Crippen LogP contribution in [0.1, 0.15) is 47.2 Å². The van der Waals surface area contributed by atoms with Crippen LogP contribution < -0.4 is 4.90 Å². The Labute approximate surface area is 137 Å². The summed E-state index contributed by atoms with van der Waals surface area (Å²) < 4.78 is 10.6. The molecule has 0 aromatic carbocycles. The lowest BCUT2D eigenvalue weighted by Crippen LogP contribution is -2.42. The molecular formula is C17H26N2O4. The summed E-state index contributed by atoms with van der Waals surface area (Å²) in [6.07, 6.45) is -0.638. The van der Waals surface area contributed by atoms with Crippen molar-refractivity contribution >= 4 is 17.9 Å². The van der Waals surface area contributed by atoms with Gasteiger partial charge in [-0.3, -0.25) is 9.69 Å². The summed E-state index contributed by atoms with van der Waals surface area (Å²) in [7, 11) is 0. The molecule has 0 unspecified atom stereocenters. The maximum atomic E-state index is 12.4. The molecular weight excluding hydrogens is 296 g/mol. The van der Waals surface area contributed by atoms with Crippen LogP contribution in [0, 0.1) is 6.92 Å². The highest BCUT2D eigenvalue weighted by Crippen LogP contribution is 2.17. The minimum absolute atomic E-state index is 0.261. The van der Waals surface area contributed by atoms with Gasteiger partial charge in [-0.1, -0.05) is 6.07 Å². The summed E-state index contributed by atoms with van der Waals surface area (Å²) >= 11 is 0. The van der Waals surface area contributed by atoms with Crippen LogP contribution in [0.2, 0.25) is 0 Å². The van der Waals surface area contributed by atoms with Crippen LogP contribution in [0.15, 0.2) is 18.2 Å². The van der Waals surface area contributed by atoms with E-state index in [2.05, 4.69) is 4.98 Å². The molecule has 1 aromatic heterocycles. The number of aromatic nitrogens is 1. The lowest BCUT2D eigenvalue weighted by Gasteiger charge is -2.27. The molecule has 0 radical (unpaired) electrons. The second kappa shape index (κ2) is 6.98. The lowest BCUT2D eigenvalue weighted by atomic mass is 10.2. The zero-order valence-electron chi connectivity index (χ0n) is 15.0. The molecule has 128 valence electrons. The Bertz CT molecular complexity index is 571. The third-order valence-corrected chi connectivity index (χ3v) is 2.47. The molecule has 1 aromatic rings. The zero-order valence-corrected chi connectivity index (χ0v) is 15.0. The lowest BCUT2D eigenvalue weighted by molar-refractivity contribution is -0.153. The Hall–Kier alpha value is -2.11. The van der Waals surface area contributed by atoms with Gasteiger partial charge in [0, 0.05) is 5.69 Å². The van der Waals surface area contributed by atoms with Gasteiger partial charge in [-0.2, -0.15) is 0 Å². The number of carbonyl (C=O) groups excluding carboxylic acids is 2. The SMILES string of the molecule is Cc1cccc(N(CC(=O)OC(C)(C)C)C(=O)OC(C)(C)C)n1. The van der Waals surface area contributed by atoms with E-state index in [0.29, 0.717) is 5.82 Å². The molecule has 6 nitrogen and oxygen atoms in total. The summed E-state index contributed by atoms with van der Waals surface area (Å²) in [6, 6.07) is 5.23. The first-order chi connectivity index (χ1) is 10.4. The summed E-state index contributed by atoms with van der Waals surface area (Å²) in [4.78, 5) is 30.0. The standard InChI is InChI=1S/C17H26N2O4/c1-12-9-8-10-13(18-12)19(15(21)23-17(5,6)7)11-14(20)22-16(2,3)4/h8-10H,11H2,1-7H3. The Morgan fingerprint density at radius 1 is 1.04 bits per heavy atom. The fourth-order valence-electron chi connectivity index (χ4n) is 1.74. The predicted octanol–water partition coefficient (Wildman–Crippen LogP) is 3.47. The van der Waals surface area contributed by atoms with Crippen molar-refractivity contribution in [1.29, 1.82) is 0 Å². The first-order valence-electron chi connectivity index (χ1n) is 7.53. The number of rotatable bonds is 3. The number of carbonyl (C=O) groups is 2. The topological polar surface area (TPSA) is 68.7 Å². The third kappa shape index (κ3) is 7.13. The van der Waals surface area contributed by atoms with Gasteiger partial charge in [-0.25, -0.2) is 9.78 Å². The minimum atomic E-state index is -0.674. The van der Waals surface area contributed by atoms with Crippen LogP contribution in [-0.4, -0.2) is 34.8 Å². The molecule has 0 aliphatic rings. The average molecular weight is 322 g/mol. The summed E-state index contributed by atoms with van der Waals surface area (Å²) in [5, 5.41) is 0. The first-order valence-corrected chi connectivity index (χ1v) is 7.53. The summed E-state index contributed by atoms with van der Waals surface area (Å²) in [5.74, 6) is -0.170. The van der Waals surface area contributed by atoms with Gasteiger partial charge in [0.1, 0.15) is 23.6 Å². The number of aryl methyl sites for hydroxylation is 1. The molecule has 23 heavy (non-hydrogen) atoms. The molecule has 0 aliphatic heterocycles. The molecule has 0 N–H and O–H groups in total. The van der Waals surface area contributed by atoms with Gasteiger partial charge in [0.05, 0.1) is 0 Å². The number of esters is 1. The highest BCUT2D eigenvalue weighted by Gasteiger charge is 2.28. The van der Waals surface area contributed by atoms with Gasteiger partial charge in [-0.05, 0) is 60.6 Å². The first kappa shape index (κ1) is 18.9. The van der Waals surface area contributed by atoms with E-state index >= 15 is 0 Å². The van der Waals surface area contributed by atoms with Gasteiger partial charge in [0.25, 0.3) is 0 Å². The Kier molecular flexibility index (Phi) is 5.75. The Morgan fingerprint density at radius 3 is 2.09 bits per heavy atom. The summed E-state index contributed by atoms with van der Waals surface area (Å²) in [5.41, 5.74) is -0.565. The number of nitrogens with zero attached hydrogens (tertiary/aromatic N) is 2. The van der Waals surface area contributed by atoms with Crippen LogP contribution in [0.5, 0.6) is 0 Å². The van der Waals surface area contributed by atoms with E-state index < -0.39 is 23.3 Å². The number of pyridine rings is 1. The van der Waals surface area contributed by atoms with Crippen molar-refractivity contribution in [2.45, 2.75) is 59.7 Å². The largest absolute Gasteiger partial charge is 0.459 e. The number of hydrogen-bond acceptors (Lipinski definition) is 5. The molecule has 0 saturated carbocycles. The van der Waals surface area contributed by atoms with Crippen LogP contribution in [0.4, 0.5) is 10.6 Å². The number of hydrogen-bond donors (Lipinski definition) is 0. The molecule has 0 fully saturated rings. The third-order valence-electron chi connectivity index (χ3n) is 2.47. The van der Waals surface area contributed by atoms with E-state index in [9.17, 15) is 9.59 Å².